The van der Waals surface area contributed by atoms with E-state index in [-0.39, 0.29) is 30.4 Å². The van der Waals surface area contributed by atoms with Crippen LogP contribution in [0.1, 0.15) is 20.8 Å². The van der Waals surface area contributed by atoms with Crippen LogP contribution < -0.4 is 10.6 Å². The number of nitrogens with zero attached hydrogens (tertiary/aromatic N) is 2. The summed E-state index contributed by atoms with van der Waals surface area (Å²) in [6.45, 7) is 6.16. The van der Waals surface area contributed by atoms with Crippen LogP contribution in [0.4, 0.5) is 5.13 Å². The minimum Gasteiger partial charge on any atom is -0.335 e. The van der Waals surface area contributed by atoms with Gasteiger partial charge in [0.2, 0.25) is 11.8 Å². The van der Waals surface area contributed by atoms with E-state index in [0.29, 0.717) is 5.13 Å². The van der Waals surface area contributed by atoms with E-state index in [0.717, 1.165) is 15.1 Å². The Morgan fingerprint density at radius 1 is 1.32 bits per heavy atom. The molecule has 25 heavy (non-hydrogen) atoms. The van der Waals surface area contributed by atoms with Crippen molar-refractivity contribution in [3.63, 3.8) is 0 Å². The van der Waals surface area contributed by atoms with Gasteiger partial charge in [0.1, 0.15) is 0 Å². The second-order valence-corrected chi connectivity index (χ2v) is 8.66. The zero-order chi connectivity index (χ0) is 18.6. The zero-order valence-electron chi connectivity index (χ0n) is 15.2. The van der Waals surface area contributed by atoms with E-state index < -0.39 is 0 Å². The Balaban J connectivity index is 1.92. The molecule has 1 aromatic heterocycles. The quantitative estimate of drug-likeness (QED) is 0.754. The van der Waals surface area contributed by atoms with E-state index in [2.05, 4.69) is 15.6 Å². The number of carbonyl (C=O) groups is 2. The summed E-state index contributed by atoms with van der Waals surface area (Å²) in [5.41, 5.74) is 0.723. The van der Waals surface area contributed by atoms with Gasteiger partial charge in [0, 0.05) is 17.5 Å². The molecule has 8 heteroatoms. The van der Waals surface area contributed by atoms with Crippen LogP contribution in [-0.4, -0.2) is 53.6 Å². The number of hydrogen-bond donors (Lipinski definition) is 2. The zero-order valence-corrected chi connectivity index (χ0v) is 16.8. The molecule has 2 amide bonds. The van der Waals surface area contributed by atoms with Gasteiger partial charge in [-0.05, 0) is 45.2 Å². The summed E-state index contributed by atoms with van der Waals surface area (Å²) < 4.78 is 1.02. The topological polar surface area (TPSA) is 74.3 Å². The first-order valence-corrected chi connectivity index (χ1v) is 9.95. The molecule has 0 unspecified atom stereocenters. The van der Waals surface area contributed by atoms with Crippen molar-refractivity contribution < 1.29 is 9.59 Å². The van der Waals surface area contributed by atoms with Crippen molar-refractivity contribution in [3.05, 3.63) is 18.2 Å². The number of thioether (sulfide) groups is 1. The predicted molar refractivity (Wildman–Crippen MR) is 105 cm³/mol. The molecule has 2 aromatic rings. The maximum atomic E-state index is 12.2. The first-order chi connectivity index (χ1) is 11.7. The summed E-state index contributed by atoms with van der Waals surface area (Å²) in [5, 5.41) is 6.44. The highest BCUT2D eigenvalue weighted by Crippen LogP contribution is 2.29. The molecule has 0 aliphatic carbocycles. The van der Waals surface area contributed by atoms with Crippen molar-refractivity contribution in [2.75, 3.05) is 31.7 Å². The van der Waals surface area contributed by atoms with Gasteiger partial charge in [-0.15, -0.1) is 11.8 Å². The van der Waals surface area contributed by atoms with Crippen LogP contribution in [0, 0.1) is 0 Å². The van der Waals surface area contributed by atoms with Crippen LogP contribution in [0.5, 0.6) is 0 Å². The molecule has 0 aliphatic rings. The van der Waals surface area contributed by atoms with E-state index in [4.69, 9.17) is 0 Å². The first kappa shape index (κ1) is 19.7. The summed E-state index contributed by atoms with van der Waals surface area (Å²) >= 11 is 3.08. The number of benzene rings is 1. The molecule has 0 saturated carbocycles. The molecular formula is C17H24N4O2S2. The molecule has 0 aliphatic heterocycles. The molecule has 1 heterocycles. The number of thiazole rings is 1. The third kappa shape index (κ3) is 5.98. The standard InChI is InChI=1S/C17H24N4O2S2/c1-17(2,3)18-9-15(23)21(4)10-14(22)20-16-19-12-8-11(24-5)6-7-13(12)25-16/h6-8,18H,9-10H2,1-5H3,(H,19,20,22). The van der Waals surface area contributed by atoms with Crippen LogP contribution in [0.15, 0.2) is 23.1 Å². The number of fused-ring (bicyclic) bond motifs is 1. The Morgan fingerprint density at radius 2 is 2.04 bits per heavy atom. The summed E-state index contributed by atoms with van der Waals surface area (Å²) in [5.74, 6) is -0.380. The molecule has 2 rings (SSSR count). The highest BCUT2D eigenvalue weighted by molar-refractivity contribution is 7.98. The van der Waals surface area contributed by atoms with E-state index in [1.807, 2.05) is 45.2 Å². The predicted octanol–water partition coefficient (Wildman–Crippen LogP) is 2.80. The fraction of sp³-hybridized carbons (Fsp3) is 0.471. The summed E-state index contributed by atoms with van der Waals surface area (Å²) in [6.07, 6.45) is 2.01. The number of aromatic nitrogens is 1. The molecule has 0 atom stereocenters. The molecule has 6 nitrogen and oxygen atoms in total. The summed E-state index contributed by atoms with van der Waals surface area (Å²) in [7, 11) is 1.62. The number of carbonyl (C=O) groups excluding carboxylic acids is 2. The Labute approximate surface area is 156 Å². The van der Waals surface area contributed by atoms with Crippen LogP contribution in [-0.2, 0) is 9.59 Å². The average molecular weight is 381 g/mol. The van der Waals surface area contributed by atoms with Crippen LogP contribution in [0.3, 0.4) is 0 Å². The summed E-state index contributed by atoms with van der Waals surface area (Å²) in [6, 6.07) is 6.04. The number of hydrogen-bond acceptors (Lipinski definition) is 6. The molecule has 0 radical (unpaired) electrons. The second-order valence-electron chi connectivity index (χ2n) is 6.75. The van der Waals surface area contributed by atoms with Gasteiger partial charge >= 0.3 is 0 Å². The molecule has 2 N–H and O–H groups in total. The third-order valence-electron chi connectivity index (χ3n) is 3.42. The minimum atomic E-state index is -0.254. The van der Waals surface area contributed by atoms with E-state index >= 15 is 0 Å². The monoisotopic (exact) mass is 380 g/mol. The van der Waals surface area contributed by atoms with Crippen molar-refractivity contribution >= 4 is 50.3 Å². The summed E-state index contributed by atoms with van der Waals surface area (Å²) in [4.78, 5) is 31.2. The largest absolute Gasteiger partial charge is 0.335 e. The number of anilines is 1. The number of rotatable bonds is 6. The number of nitrogens with one attached hydrogen (secondary N) is 2. The fourth-order valence-corrected chi connectivity index (χ4v) is 3.32. The normalized spacial score (nSPS) is 11.6. The van der Waals surface area contributed by atoms with Gasteiger partial charge < -0.3 is 15.5 Å². The van der Waals surface area contributed by atoms with Crippen molar-refractivity contribution in [3.8, 4) is 0 Å². The van der Waals surface area contributed by atoms with E-state index in [1.54, 1.807) is 18.8 Å². The van der Waals surface area contributed by atoms with Crippen molar-refractivity contribution in [1.29, 1.82) is 0 Å². The van der Waals surface area contributed by atoms with Crippen molar-refractivity contribution in [2.45, 2.75) is 31.2 Å². The second kappa shape index (κ2) is 8.16. The molecule has 136 valence electrons. The Morgan fingerprint density at radius 3 is 2.68 bits per heavy atom. The molecule has 1 aromatic carbocycles. The van der Waals surface area contributed by atoms with Gasteiger partial charge in [0.15, 0.2) is 5.13 Å². The Kier molecular flexibility index (Phi) is 6.42. The third-order valence-corrected chi connectivity index (χ3v) is 5.09. The SMILES string of the molecule is CSc1ccc2sc(NC(=O)CN(C)C(=O)CNC(C)(C)C)nc2c1. The Bertz CT molecular complexity index is 768. The first-order valence-electron chi connectivity index (χ1n) is 7.91. The van der Waals surface area contributed by atoms with Crippen molar-refractivity contribution in [2.24, 2.45) is 0 Å². The lowest BCUT2D eigenvalue weighted by atomic mass is 10.1. The van der Waals surface area contributed by atoms with Gasteiger partial charge in [0.25, 0.3) is 0 Å². The lowest BCUT2D eigenvalue weighted by molar-refractivity contribution is -0.132. The van der Waals surface area contributed by atoms with Crippen LogP contribution in [0.25, 0.3) is 10.2 Å². The van der Waals surface area contributed by atoms with Crippen LogP contribution in [0.2, 0.25) is 0 Å². The van der Waals surface area contributed by atoms with E-state index in [1.165, 1.54) is 16.2 Å². The van der Waals surface area contributed by atoms with Gasteiger partial charge in [-0.2, -0.15) is 0 Å². The maximum absolute atomic E-state index is 12.2. The van der Waals surface area contributed by atoms with Crippen molar-refractivity contribution in [1.82, 2.24) is 15.2 Å². The van der Waals surface area contributed by atoms with E-state index in [9.17, 15) is 9.59 Å². The van der Waals surface area contributed by atoms with Gasteiger partial charge in [-0.1, -0.05) is 11.3 Å². The highest BCUT2D eigenvalue weighted by atomic mass is 32.2. The molecule has 0 bridgehead atoms. The molecule has 0 spiro atoms. The number of amides is 2. The molecule has 0 saturated heterocycles. The maximum Gasteiger partial charge on any atom is 0.245 e. The molecule has 0 fully saturated rings. The van der Waals surface area contributed by atoms with Crippen LogP contribution >= 0.6 is 23.1 Å². The average Bonchev–Trinajstić information content (AvgIpc) is 2.92. The number of likely N-dealkylation sites (N-methyl/N-ethyl adjacent to an activating group) is 1. The highest BCUT2D eigenvalue weighted by Gasteiger charge is 2.17. The Hall–Kier alpha value is -1.64. The smallest absolute Gasteiger partial charge is 0.245 e. The molecular weight excluding hydrogens is 356 g/mol. The lowest BCUT2D eigenvalue weighted by Crippen LogP contribution is -2.45. The van der Waals surface area contributed by atoms with Gasteiger partial charge in [0.05, 0.1) is 23.3 Å². The van der Waals surface area contributed by atoms with Gasteiger partial charge in [-0.3, -0.25) is 9.59 Å². The lowest BCUT2D eigenvalue weighted by Gasteiger charge is -2.23. The van der Waals surface area contributed by atoms with Gasteiger partial charge in [-0.25, -0.2) is 4.98 Å². The fourth-order valence-electron chi connectivity index (χ4n) is 2.03. The minimum absolute atomic E-state index is 0.00333.